The first kappa shape index (κ1) is 26.3. The number of para-hydroxylation sites is 1. The molecule has 0 radical (unpaired) electrons. The maximum atomic E-state index is 12.3. The molecule has 3 rings (SSSR count). The van der Waals surface area contributed by atoms with Crippen LogP contribution in [0.1, 0.15) is 27.2 Å². The van der Waals surface area contributed by atoms with Crippen molar-refractivity contribution in [3.63, 3.8) is 0 Å². The van der Waals surface area contributed by atoms with Crippen LogP contribution in [0, 0.1) is 0 Å². The summed E-state index contributed by atoms with van der Waals surface area (Å²) >= 11 is 0. The van der Waals surface area contributed by atoms with Crippen molar-refractivity contribution in [1.82, 2.24) is 4.90 Å². The fourth-order valence-electron chi connectivity index (χ4n) is 4.31. The minimum atomic E-state index is -0.744. The Morgan fingerprint density at radius 1 is 1.03 bits per heavy atom. The molecule has 8 nitrogen and oxygen atoms in total. The zero-order valence-electron chi connectivity index (χ0n) is 21.2. The van der Waals surface area contributed by atoms with E-state index in [-0.39, 0.29) is 12.5 Å². The summed E-state index contributed by atoms with van der Waals surface area (Å²) in [5, 5.41) is 0. The van der Waals surface area contributed by atoms with Gasteiger partial charge in [-0.2, -0.15) is 0 Å². The number of nitrogens with zero attached hydrogens (tertiary/aromatic N) is 3. The highest BCUT2D eigenvalue weighted by molar-refractivity contribution is 5.98. The number of methoxy groups -OCH3 is 1. The van der Waals surface area contributed by atoms with Crippen LogP contribution in [-0.4, -0.2) is 75.9 Å². The topological polar surface area (TPSA) is 71.6 Å². The zero-order valence-corrected chi connectivity index (χ0v) is 21.2. The fraction of sp³-hybridized carbons (Fsp3) is 0.481. The van der Waals surface area contributed by atoms with E-state index in [0.29, 0.717) is 23.8 Å². The normalized spacial score (nSPS) is 14.8. The monoisotopic (exact) mass is 483 g/mol. The van der Waals surface area contributed by atoms with E-state index in [9.17, 15) is 9.59 Å². The Balaban J connectivity index is 1.51. The SMILES string of the molecule is CCOC(=O)C(C)N(C(C)=O)c1ccc(OCCCN2CCN(c3ccccc3)CC2)c(OC)c1. The molecular weight excluding hydrogens is 446 g/mol. The molecule has 0 N–H and O–H groups in total. The van der Waals surface area contributed by atoms with E-state index in [0.717, 1.165) is 39.1 Å². The number of benzene rings is 2. The Hall–Kier alpha value is -3.26. The van der Waals surface area contributed by atoms with E-state index in [1.54, 1.807) is 39.2 Å². The highest BCUT2D eigenvalue weighted by Crippen LogP contribution is 2.33. The van der Waals surface area contributed by atoms with Crippen molar-refractivity contribution >= 4 is 23.3 Å². The van der Waals surface area contributed by atoms with Gasteiger partial charge in [0.25, 0.3) is 0 Å². The van der Waals surface area contributed by atoms with E-state index in [4.69, 9.17) is 14.2 Å². The summed E-state index contributed by atoms with van der Waals surface area (Å²) in [7, 11) is 1.56. The molecule has 35 heavy (non-hydrogen) atoms. The summed E-state index contributed by atoms with van der Waals surface area (Å²) in [6.45, 7) is 10.7. The maximum absolute atomic E-state index is 12.3. The Labute approximate surface area is 208 Å². The number of ether oxygens (including phenoxy) is 3. The van der Waals surface area contributed by atoms with Gasteiger partial charge < -0.3 is 19.1 Å². The fourth-order valence-corrected chi connectivity index (χ4v) is 4.31. The van der Waals surface area contributed by atoms with E-state index >= 15 is 0 Å². The molecule has 1 amide bonds. The van der Waals surface area contributed by atoms with Crippen molar-refractivity contribution < 1.29 is 23.8 Å². The lowest BCUT2D eigenvalue weighted by Gasteiger charge is -2.36. The molecule has 0 bridgehead atoms. The molecule has 0 aliphatic carbocycles. The molecule has 1 fully saturated rings. The van der Waals surface area contributed by atoms with Gasteiger partial charge >= 0.3 is 5.97 Å². The third kappa shape index (κ3) is 7.11. The molecule has 1 aliphatic rings. The largest absolute Gasteiger partial charge is 0.493 e. The number of hydrogen-bond acceptors (Lipinski definition) is 7. The molecule has 0 spiro atoms. The number of anilines is 2. The Morgan fingerprint density at radius 3 is 2.37 bits per heavy atom. The van der Waals surface area contributed by atoms with E-state index in [1.165, 1.54) is 17.5 Å². The molecule has 2 aromatic carbocycles. The molecule has 0 saturated carbocycles. The summed E-state index contributed by atoms with van der Waals surface area (Å²) in [5.41, 5.74) is 1.84. The van der Waals surface area contributed by atoms with Gasteiger partial charge in [-0.3, -0.25) is 14.6 Å². The van der Waals surface area contributed by atoms with Crippen molar-refractivity contribution in [1.29, 1.82) is 0 Å². The number of esters is 1. The molecule has 8 heteroatoms. The summed E-state index contributed by atoms with van der Waals surface area (Å²) in [4.78, 5) is 30.8. The van der Waals surface area contributed by atoms with Crippen molar-refractivity contribution in [3.05, 3.63) is 48.5 Å². The molecular formula is C27H37N3O5. The van der Waals surface area contributed by atoms with Crippen LogP contribution >= 0.6 is 0 Å². The molecule has 2 aromatic rings. The summed E-state index contributed by atoms with van der Waals surface area (Å²) in [5.74, 6) is 0.416. The molecule has 1 aliphatic heterocycles. The first-order valence-corrected chi connectivity index (χ1v) is 12.2. The minimum absolute atomic E-state index is 0.256. The molecule has 1 saturated heterocycles. The average Bonchev–Trinajstić information content (AvgIpc) is 2.88. The molecule has 1 unspecified atom stereocenters. The lowest BCUT2D eigenvalue weighted by molar-refractivity contribution is -0.145. The average molecular weight is 484 g/mol. The van der Waals surface area contributed by atoms with Gasteiger partial charge in [-0.05, 0) is 44.5 Å². The lowest BCUT2D eigenvalue weighted by Crippen LogP contribution is -2.46. The predicted molar refractivity (Wildman–Crippen MR) is 137 cm³/mol. The molecule has 1 heterocycles. The van der Waals surface area contributed by atoms with Crippen LogP contribution in [0.3, 0.4) is 0 Å². The highest BCUT2D eigenvalue weighted by atomic mass is 16.5. The third-order valence-corrected chi connectivity index (χ3v) is 6.15. The number of hydrogen-bond donors (Lipinski definition) is 0. The first-order valence-electron chi connectivity index (χ1n) is 12.2. The van der Waals surface area contributed by atoms with Crippen LogP contribution in [0.5, 0.6) is 11.5 Å². The van der Waals surface area contributed by atoms with Gasteiger partial charge in [-0.1, -0.05) is 18.2 Å². The van der Waals surface area contributed by atoms with E-state index in [2.05, 4.69) is 34.1 Å². The van der Waals surface area contributed by atoms with Crippen LogP contribution in [0.2, 0.25) is 0 Å². The van der Waals surface area contributed by atoms with Crippen LogP contribution in [0.4, 0.5) is 11.4 Å². The minimum Gasteiger partial charge on any atom is -0.493 e. The molecule has 0 aromatic heterocycles. The van der Waals surface area contributed by atoms with Gasteiger partial charge in [0.05, 0.1) is 20.3 Å². The zero-order chi connectivity index (χ0) is 25.2. The third-order valence-electron chi connectivity index (χ3n) is 6.15. The van der Waals surface area contributed by atoms with Gasteiger partial charge in [0.1, 0.15) is 6.04 Å². The van der Waals surface area contributed by atoms with Gasteiger partial charge in [-0.15, -0.1) is 0 Å². The van der Waals surface area contributed by atoms with E-state index in [1.807, 2.05) is 6.07 Å². The van der Waals surface area contributed by atoms with E-state index < -0.39 is 12.0 Å². The Bertz CT molecular complexity index is 961. The number of carbonyl (C=O) groups is 2. The van der Waals surface area contributed by atoms with Crippen LogP contribution in [0.25, 0.3) is 0 Å². The summed E-state index contributed by atoms with van der Waals surface area (Å²) in [6, 6.07) is 15.0. The summed E-state index contributed by atoms with van der Waals surface area (Å²) < 4.78 is 16.6. The number of carbonyl (C=O) groups excluding carboxylic acids is 2. The number of amides is 1. The van der Waals surface area contributed by atoms with Crippen molar-refractivity contribution in [2.45, 2.75) is 33.2 Å². The quantitative estimate of drug-likeness (QED) is 0.357. The van der Waals surface area contributed by atoms with Crippen LogP contribution < -0.4 is 19.3 Å². The standard InChI is InChI=1S/C27H37N3O5/c1-5-34-27(32)21(2)30(22(3)31)24-12-13-25(26(20-24)33-4)35-19-9-14-28-15-17-29(18-16-28)23-10-7-6-8-11-23/h6-8,10-13,20-21H,5,9,14-19H2,1-4H3. The highest BCUT2D eigenvalue weighted by Gasteiger charge is 2.27. The first-order chi connectivity index (χ1) is 16.9. The van der Waals surface area contributed by atoms with Crippen molar-refractivity contribution in [3.8, 4) is 11.5 Å². The second-order valence-corrected chi connectivity index (χ2v) is 8.52. The van der Waals surface area contributed by atoms with Crippen LogP contribution in [-0.2, 0) is 14.3 Å². The van der Waals surface area contributed by atoms with Crippen molar-refractivity contribution in [2.24, 2.45) is 0 Å². The second kappa shape index (κ2) is 13.0. The van der Waals surface area contributed by atoms with Crippen molar-refractivity contribution in [2.75, 3.05) is 62.8 Å². The predicted octanol–water partition coefficient (Wildman–Crippen LogP) is 3.59. The van der Waals surface area contributed by atoms with Gasteiger partial charge in [0, 0.05) is 57.1 Å². The summed E-state index contributed by atoms with van der Waals surface area (Å²) in [6.07, 6.45) is 0.899. The smallest absolute Gasteiger partial charge is 0.328 e. The van der Waals surface area contributed by atoms with Gasteiger partial charge in [-0.25, -0.2) is 4.79 Å². The second-order valence-electron chi connectivity index (χ2n) is 8.52. The van der Waals surface area contributed by atoms with Gasteiger partial charge in [0.2, 0.25) is 5.91 Å². The maximum Gasteiger partial charge on any atom is 0.328 e. The van der Waals surface area contributed by atoms with Crippen LogP contribution in [0.15, 0.2) is 48.5 Å². The Morgan fingerprint density at radius 2 is 1.74 bits per heavy atom. The Kier molecular flexibility index (Phi) is 9.78. The molecule has 1 atom stereocenters. The van der Waals surface area contributed by atoms with Gasteiger partial charge in [0.15, 0.2) is 11.5 Å². The lowest BCUT2D eigenvalue weighted by atomic mass is 10.2. The number of piperazine rings is 1. The number of rotatable bonds is 11. The molecule has 190 valence electrons.